The van der Waals surface area contributed by atoms with Gasteiger partial charge in [-0.15, -0.1) is 0 Å². The summed E-state index contributed by atoms with van der Waals surface area (Å²) in [5, 5.41) is 13.4. The predicted octanol–water partition coefficient (Wildman–Crippen LogP) is 2.46. The van der Waals surface area contributed by atoms with Crippen LogP contribution in [0.1, 0.15) is 21.7 Å². The number of allylic oxidation sites excluding steroid dienone is 11. The summed E-state index contributed by atoms with van der Waals surface area (Å²) in [6, 6.07) is 0. The van der Waals surface area contributed by atoms with Gasteiger partial charge in [0.15, 0.2) is 5.69 Å². The van der Waals surface area contributed by atoms with Gasteiger partial charge in [0.25, 0.3) is 0 Å². The lowest BCUT2D eigenvalue weighted by atomic mass is 9.99. The van der Waals surface area contributed by atoms with Crippen LogP contribution in [0.3, 0.4) is 0 Å². The van der Waals surface area contributed by atoms with Crippen molar-refractivity contribution in [1.82, 2.24) is 8.76 Å². The summed E-state index contributed by atoms with van der Waals surface area (Å²) in [5.41, 5.74) is 3.27. The maximum atomic E-state index is 11.3. The first-order valence-corrected chi connectivity index (χ1v) is 7.76. The van der Waals surface area contributed by atoms with Crippen molar-refractivity contribution in [1.29, 1.82) is 0 Å². The van der Waals surface area contributed by atoms with Crippen molar-refractivity contribution in [3.05, 3.63) is 83.8 Å². The summed E-state index contributed by atoms with van der Waals surface area (Å²) < 4.78 is 1.72. The highest BCUT2D eigenvalue weighted by Gasteiger charge is 2.20. The van der Waals surface area contributed by atoms with Crippen LogP contribution in [-0.4, -0.2) is 36.4 Å². The van der Waals surface area contributed by atoms with E-state index in [9.17, 15) is 9.90 Å². The minimum absolute atomic E-state index is 0.0979. The molecule has 0 radical (unpaired) electrons. The molecule has 1 aliphatic carbocycles. The Morgan fingerprint density at radius 3 is 2.36 bits per heavy atom. The first-order valence-electron chi connectivity index (χ1n) is 6.87. The van der Waals surface area contributed by atoms with Gasteiger partial charge in [0.1, 0.15) is 0 Å². The van der Waals surface area contributed by atoms with Gasteiger partial charge in [0, 0.05) is 16.8 Å². The number of nitrogens with zero attached hydrogens (tertiary/aromatic N) is 2. The van der Waals surface area contributed by atoms with Crippen molar-refractivity contribution >= 4 is 28.1 Å². The molecule has 0 fully saturated rings. The first-order chi connectivity index (χ1) is 10.5. The van der Waals surface area contributed by atoms with E-state index in [0.717, 1.165) is 16.8 Å². The third-order valence-corrected chi connectivity index (χ3v) is 3.96. The topological polar surface area (TPSA) is 55.1 Å². The van der Waals surface area contributed by atoms with Crippen molar-refractivity contribution in [2.45, 2.75) is 6.92 Å². The van der Waals surface area contributed by atoms with Gasteiger partial charge in [-0.2, -0.15) is 5.10 Å². The average Bonchev–Trinajstić information content (AvgIpc) is 2.74. The van der Waals surface area contributed by atoms with E-state index in [1.807, 2.05) is 54.7 Å². The maximum Gasteiger partial charge on any atom is 0.398 e. The number of rotatable bonds is 2. The Morgan fingerprint density at radius 1 is 1.18 bits per heavy atom. The molecule has 5 heteroatoms. The molecule has 22 heavy (non-hydrogen) atoms. The average molecular weight is 308 g/mol. The van der Waals surface area contributed by atoms with Crippen molar-refractivity contribution in [3.63, 3.8) is 0 Å². The Bertz CT molecular complexity index is 762. The van der Waals surface area contributed by atoms with E-state index in [0.29, 0.717) is 22.1 Å². The molecule has 0 bridgehead atoms. The highest BCUT2D eigenvalue weighted by molar-refractivity contribution is 6.09. The number of aromatic nitrogens is 2. The zero-order valence-corrected chi connectivity index (χ0v) is 14.7. The van der Waals surface area contributed by atoms with Gasteiger partial charge in [0.2, 0.25) is 0 Å². The molecule has 0 unspecified atom stereocenters. The molecular weight excluding hydrogens is 291 g/mol. The zero-order chi connectivity index (χ0) is 16.1. The van der Waals surface area contributed by atoms with Crippen molar-refractivity contribution in [2.24, 2.45) is 0 Å². The van der Waals surface area contributed by atoms with Crippen LogP contribution in [0.4, 0.5) is 0 Å². The third-order valence-electron chi connectivity index (χ3n) is 3.31. The highest BCUT2D eigenvalue weighted by atomic mass is 27.1. The largest absolute Gasteiger partial charge is 0.476 e. The van der Waals surface area contributed by atoms with Gasteiger partial charge in [-0.3, -0.25) is 0 Å². The van der Waals surface area contributed by atoms with E-state index in [-0.39, 0.29) is 5.69 Å². The van der Waals surface area contributed by atoms with Crippen LogP contribution < -0.4 is 0 Å². The molecule has 0 spiro atoms. The SMILES string of the molecule is C=C1\C=C/C=C\C=C/C=C\C=C/1c1c(C)c(C(=O)O)n[n]1[AlH2]. The van der Waals surface area contributed by atoms with Crippen LogP contribution >= 0.6 is 0 Å². The van der Waals surface area contributed by atoms with E-state index in [1.165, 1.54) is 0 Å². The van der Waals surface area contributed by atoms with Gasteiger partial charge in [0.05, 0.1) is 0 Å². The Labute approximate surface area is 137 Å². The fourth-order valence-corrected chi connectivity index (χ4v) is 3.06. The quantitative estimate of drug-likeness (QED) is 0.854. The van der Waals surface area contributed by atoms with Crippen LogP contribution in [0.15, 0.2) is 66.8 Å². The van der Waals surface area contributed by atoms with E-state index in [2.05, 4.69) is 11.7 Å². The molecule has 1 aliphatic rings. The summed E-state index contributed by atoms with van der Waals surface area (Å²) in [6.07, 6.45) is 17.3. The second-order valence-electron chi connectivity index (χ2n) is 4.87. The molecule has 4 nitrogen and oxygen atoms in total. The number of hydrogen-bond acceptors (Lipinski definition) is 2. The monoisotopic (exact) mass is 308 g/mol. The van der Waals surface area contributed by atoms with Gasteiger partial charge < -0.3 is 8.77 Å². The van der Waals surface area contributed by atoms with Crippen LogP contribution in [-0.2, 0) is 0 Å². The summed E-state index contributed by atoms with van der Waals surface area (Å²) in [4.78, 5) is 11.3. The number of aromatic carboxylic acids is 1. The standard InChI is InChI=1S/C17H16N2O2.Al.2H/c1-12-10-8-6-4-3-5-7-9-11-14(12)15-13(2)16(17(20)21)19-18-15;;;/h3-11H,1H2,2H3,(H2,18,19,20,21);;;/q;+1;;/p-1/b5-3-,6-4-,9-7-,10-8-,14-11+;;;. The van der Waals surface area contributed by atoms with E-state index >= 15 is 0 Å². The number of carboxylic acids is 1. The molecule has 0 aromatic carbocycles. The molecular formula is C17H17AlN2O2. The normalized spacial score (nSPS) is 23.0. The number of carboxylic acid groups (broad SMARTS) is 1. The summed E-state index contributed by atoms with van der Waals surface area (Å²) in [6.45, 7) is 5.88. The number of carbonyl (C=O) groups is 1. The molecule has 0 aliphatic heterocycles. The molecule has 1 aromatic heterocycles. The highest BCUT2D eigenvalue weighted by Crippen LogP contribution is 2.27. The first kappa shape index (κ1) is 16.0. The predicted molar refractivity (Wildman–Crippen MR) is 91.5 cm³/mol. The number of hydrogen-bond donors (Lipinski definition) is 1. The van der Waals surface area contributed by atoms with Crippen molar-refractivity contribution < 1.29 is 9.90 Å². The van der Waals surface area contributed by atoms with E-state index in [4.69, 9.17) is 0 Å². The van der Waals surface area contributed by atoms with Gasteiger partial charge in [-0.05, 0) is 12.5 Å². The van der Waals surface area contributed by atoms with Crippen molar-refractivity contribution in [2.75, 3.05) is 0 Å². The Balaban J connectivity index is 2.59. The molecule has 2 rings (SSSR count). The van der Waals surface area contributed by atoms with Crippen LogP contribution in [0, 0.1) is 6.92 Å². The molecule has 0 saturated heterocycles. The molecule has 110 valence electrons. The summed E-state index contributed by atoms with van der Waals surface area (Å²) in [5.74, 6) is -1.01. The second kappa shape index (κ2) is 7.08. The minimum atomic E-state index is -1.01. The molecule has 1 heterocycles. The summed E-state index contributed by atoms with van der Waals surface area (Å²) in [7, 11) is 0. The van der Waals surface area contributed by atoms with Crippen LogP contribution in [0.2, 0.25) is 0 Å². The van der Waals surface area contributed by atoms with Gasteiger partial charge >= 0.3 is 22.5 Å². The minimum Gasteiger partial charge on any atom is -0.476 e. The molecule has 0 atom stereocenters. The van der Waals surface area contributed by atoms with Crippen molar-refractivity contribution in [3.8, 4) is 0 Å². The molecule has 0 saturated carbocycles. The fourth-order valence-electron chi connectivity index (χ4n) is 2.28. The maximum absolute atomic E-state index is 11.3. The van der Waals surface area contributed by atoms with Crippen LogP contribution in [0.25, 0.3) is 5.57 Å². The van der Waals surface area contributed by atoms with Crippen LogP contribution in [0.5, 0.6) is 0 Å². The summed E-state index contributed by atoms with van der Waals surface area (Å²) >= 11 is 0.595. The van der Waals surface area contributed by atoms with E-state index < -0.39 is 5.97 Å². The lowest BCUT2D eigenvalue weighted by Crippen LogP contribution is -2.02. The molecule has 0 amide bonds. The Hall–Kier alpha value is -2.35. The fraction of sp³-hybridized carbons (Fsp3) is 0.0588. The molecule has 1 N–H and O–H groups in total. The van der Waals surface area contributed by atoms with Gasteiger partial charge in [-0.25, -0.2) is 4.79 Å². The lowest BCUT2D eigenvalue weighted by molar-refractivity contribution is 0.0689. The zero-order valence-electron chi connectivity index (χ0n) is 12.7. The lowest BCUT2D eigenvalue weighted by Gasteiger charge is -2.10. The second-order valence-corrected chi connectivity index (χ2v) is 5.72. The smallest absolute Gasteiger partial charge is 0.398 e. The Morgan fingerprint density at radius 2 is 1.77 bits per heavy atom. The third kappa shape index (κ3) is 3.45. The van der Waals surface area contributed by atoms with E-state index in [1.54, 1.807) is 10.6 Å². The Kier molecular flexibility index (Phi) is 5.16. The molecule has 1 aromatic rings. The van der Waals surface area contributed by atoms with Gasteiger partial charge in [-0.1, -0.05) is 61.3 Å².